The molecule has 0 bridgehead atoms. The summed E-state index contributed by atoms with van der Waals surface area (Å²) < 4.78 is 13.2. The molecule has 32 heavy (non-hydrogen) atoms. The predicted molar refractivity (Wildman–Crippen MR) is 139 cm³/mol. The third-order valence-corrected chi connectivity index (χ3v) is 5.10. The zero-order valence-electron chi connectivity index (χ0n) is 18.8. The van der Waals surface area contributed by atoms with E-state index in [-0.39, 0.29) is 35.7 Å². The Morgan fingerprint density at radius 3 is 2.41 bits per heavy atom. The molecule has 0 spiro atoms. The topological polar surface area (TPSA) is 63.2 Å². The average molecular weight is 554 g/mol. The average Bonchev–Trinajstić information content (AvgIpc) is 2.75. The maximum Gasteiger partial charge on any atom is 0.238 e. The van der Waals surface area contributed by atoms with Crippen molar-refractivity contribution in [3.63, 3.8) is 0 Å². The van der Waals surface area contributed by atoms with E-state index in [1.807, 2.05) is 55.4 Å². The van der Waals surface area contributed by atoms with Gasteiger partial charge in [0.25, 0.3) is 0 Å². The van der Waals surface area contributed by atoms with E-state index >= 15 is 0 Å². The van der Waals surface area contributed by atoms with Crippen molar-refractivity contribution in [1.29, 1.82) is 0 Å². The molecule has 1 fully saturated rings. The van der Waals surface area contributed by atoms with E-state index in [1.54, 1.807) is 7.05 Å². The number of halogens is 2. The molecule has 0 unspecified atom stereocenters. The first kappa shape index (κ1) is 25.9. The van der Waals surface area contributed by atoms with Crippen molar-refractivity contribution in [2.45, 2.75) is 6.54 Å². The van der Waals surface area contributed by atoms with Gasteiger partial charge in [-0.25, -0.2) is 4.39 Å². The fraction of sp³-hybridized carbons (Fsp3) is 0.391. The van der Waals surface area contributed by atoms with Crippen molar-refractivity contribution in [2.24, 2.45) is 4.99 Å². The Morgan fingerprint density at radius 1 is 1.09 bits per heavy atom. The Bertz CT molecular complexity index is 898. The van der Waals surface area contributed by atoms with E-state index in [0.29, 0.717) is 13.1 Å². The molecule has 7 nitrogen and oxygen atoms in total. The Hall–Kier alpha value is -2.40. The molecule has 0 radical (unpaired) electrons. The minimum Gasteiger partial charge on any atom is -0.368 e. The summed E-state index contributed by atoms with van der Waals surface area (Å²) in [5, 5.41) is 6.34. The van der Waals surface area contributed by atoms with Crippen molar-refractivity contribution >= 4 is 47.2 Å². The van der Waals surface area contributed by atoms with Crippen LogP contribution in [0.3, 0.4) is 0 Å². The Morgan fingerprint density at radius 2 is 1.78 bits per heavy atom. The van der Waals surface area contributed by atoms with Gasteiger partial charge in [-0.2, -0.15) is 0 Å². The number of rotatable bonds is 6. The number of benzene rings is 2. The minimum atomic E-state index is -0.215. The second-order valence-corrected chi connectivity index (χ2v) is 7.84. The third-order valence-electron chi connectivity index (χ3n) is 5.10. The smallest absolute Gasteiger partial charge is 0.238 e. The molecule has 0 aliphatic carbocycles. The van der Waals surface area contributed by atoms with Crippen molar-refractivity contribution in [2.75, 3.05) is 64.1 Å². The van der Waals surface area contributed by atoms with Gasteiger partial charge in [-0.15, -0.1) is 24.0 Å². The highest BCUT2D eigenvalue weighted by atomic mass is 127. The molecule has 0 aromatic heterocycles. The quantitative estimate of drug-likeness (QED) is 0.327. The zero-order chi connectivity index (χ0) is 22.2. The molecule has 2 N–H and O–H groups in total. The van der Waals surface area contributed by atoms with Crippen LogP contribution in [0.4, 0.5) is 15.8 Å². The van der Waals surface area contributed by atoms with E-state index in [0.717, 1.165) is 49.1 Å². The first-order valence-corrected chi connectivity index (χ1v) is 10.4. The molecular weight excluding hydrogens is 522 g/mol. The lowest BCUT2D eigenvalue weighted by atomic mass is 10.2. The molecule has 1 heterocycles. The molecule has 1 saturated heterocycles. The van der Waals surface area contributed by atoms with Crippen LogP contribution in [0.2, 0.25) is 0 Å². The summed E-state index contributed by atoms with van der Waals surface area (Å²) in [6.07, 6.45) is 0. The lowest BCUT2D eigenvalue weighted by Crippen LogP contribution is -2.52. The zero-order valence-corrected chi connectivity index (χ0v) is 21.2. The van der Waals surface area contributed by atoms with Gasteiger partial charge >= 0.3 is 0 Å². The van der Waals surface area contributed by atoms with Gasteiger partial charge < -0.3 is 25.3 Å². The van der Waals surface area contributed by atoms with Crippen LogP contribution >= 0.6 is 24.0 Å². The summed E-state index contributed by atoms with van der Waals surface area (Å²) in [7, 11) is 5.52. The standard InChI is InChI=1S/C23H31FN6O.HI/c1-25-23(30-13-11-29(12-14-30)21-9-7-19(24)8-10-21)26-16-18-5-4-6-20(15-18)27-22(31)17-28(2)3;/h4-10,15H,11-14,16-17H2,1-3H3,(H,25,26)(H,27,31);1H. The number of nitrogens with zero attached hydrogens (tertiary/aromatic N) is 4. The Labute approximate surface area is 206 Å². The van der Waals surface area contributed by atoms with Gasteiger partial charge in [0.1, 0.15) is 5.82 Å². The van der Waals surface area contributed by atoms with Crippen molar-refractivity contribution in [3.05, 3.63) is 59.9 Å². The van der Waals surface area contributed by atoms with Crippen LogP contribution in [0.1, 0.15) is 5.56 Å². The second kappa shape index (κ2) is 12.6. The van der Waals surface area contributed by atoms with Crippen LogP contribution in [0.15, 0.2) is 53.5 Å². The first-order chi connectivity index (χ1) is 14.9. The summed E-state index contributed by atoms with van der Waals surface area (Å²) in [6.45, 7) is 4.32. The van der Waals surface area contributed by atoms with E-state index in [1.165, 1.54) is 12.1 Å². The number of hydrogen-bond acceptors (Lipinski definition) is 4. The van der Waals surface area contributed by atoms with Gasteiger partial charge in [0.05, 0.1) is 6.54 Å². The number of likely N-dealkylation sites (N-methyl/N-ethyl adjacent to an activating group) is 1. The van der Waals surface area contributed by atoms with Crippen LogP contribution in [-0.4, -0.2) is 75.5 Å². The molecule has 3 rings (SSSR count). The van der Waals surface area contributed by atoms with Crippen molar-refractivity contribution in [1.82, 2.24) is 15.1 Å². The largest absolute Gasteiger partial charge is 0.368 e. The molecule has 9 heteroatoms. The van der Waals surface area contributed by atoms with Crippen LogP contribution in [0.5, 0.6) is 0 Å². The molecule has 1 aliphatic rings. The fourth-order valence-corrected chi connectivity index (χ4v) is 3.59. The van der Waals surface area contributed by atoms with E-state index in [4.69, 9.17) is 0 Å². The molecule has 1 aliphatic heterocycles. The summed E-state index contributed by atoms with van der Waals surface area (Å²) in [6, 6.07) is 14.5. The number of piperazine rings is 1. The summed E-state index contributed by atoms with van der Waals surface area (Å²) in [5.74, 6) is 0.596. The molecule has 2 aromatic carbocycles. The molecule has 1 amide bonds. The molecular formula is C23H32FIN6O. The highest BCUT2D eigenvalue weighted by Gasteiger charge is 2.19. The van der Waals surface area contributed by atoms with Gasteiger partial charge in [0.2, 0.25) is 5.91 Å². The maximum absolute atomic E-state index is 13.2. The number of carbonyl (C=O) groups excluding carboxylic acids is 1. The van der Waals surface area contributed by atoms with Gasteiger partial charge in [0, 0.05) is 51.1 Å². The van der Waals surface area contributed by atoms with Gasteiger partial charge in [-0.05, 0) is 56.1 Å². The molecule has 0 saturated carbocycles. The highest BCUT2D eigenvalue weighted by Crippen LogP contribution is 2.17. The Balaban J connectivity index is 0.00000363. The summed E-state index contributed by atoms with van der Waals surface area (Å²) >= 11 is 0. The van der Waals surface area contributed by atoms with E-state index < -0.39 is 0 Å². The number of anilines is 2. The fourth-order valence-electron chi connectivity index (χ4n) is 3.59. The van der Waals surface area contributed by atoms with Crippen LogP contribution in [0, 0.1) is 5.82 Å². The van der Waals surface area contributed by atoms with Crippen molar-refractivity contribution in [3.8, 4) is 0 Å². The maximum atomic E-state index is 13.2. The van der Waals surface area contributed by atoms with Gasteiger partial charge in [-0.1, -0.05) is 12.1 Å². The van der Waals surface area contributed by atoms with Crippen molar-refractivity contribution < 1.29 is 9.18 Å². The normalized spacial score (nSPS) is 14.2. The highest BCUT2D eigenvalue weighted by molar-refractivity contribution is 14.0. The lowest BCUT2D eigenvalue weighted by molar-refractivity contribution is -0.116. The van der Waals surface area contributed by atoms with Crippen LogP contribution in [-0.2, 0) is 11.3 Å². The molecule has 174 valence electrons. The number of nitrogens with one attached hydrogen (secondary N) is 2. The number of carbonyl (C=O) groups is 1. The number of amides is 1. The first-order valence-electron chi connectivity index (χ1n) is 10.4. The summed E-state index contributed by atoms with van der Waals surface area (Å²) in [5.41, 5.74) is 2.89. The summed E-state index contributed by atoms with van der Waals surface area (Å²) in [4.78, 5) is 22.7. The Kier molecular flexibility index (Phi) is 10.2. The van der Waals surface area contributed by atoms with Crippen LogP contribution in [0.25, 0.3) is 0 Å². The number of hydrogen-bond donors (Lipinski definition) is 2. The van der Waals surface area contributed by atoms with Crippen LogP contribution < -0.4 is 15.5 Å². The minimum absolute atomic E-state index is 0. The lowest BCUT2D eigenvalue weighted by Gasteiger charge is -2.37. The molecule has 0 atom stereocenters. The monoisotopic (exact) mass is 554 g/mol. The number of guanidine groups is 1. The SMILES string of the molecule is CN=C(NCc1cccc(NC(=O)CN(C)C)c1)N1CCN(c2ccc(F)cc2)CC1.I. The predicted octanol–water partition coefficient (Wildman–Crippen LogP) is 2.84. The second-order valence-electron chi connectivity index (χ2n) is 7.84. The molecule has 2 aromatic rings. The van der Waals surface area contributed by atoms with Gasteiger partial charge in [-0.3, -0.25) is 9.79 Å². The third kappa shape index (κ3) is 7.63. The van der Waals surface area contributed by atoms with E-state index in [9.17, 15) is 9.18 Å². The number of aliphatic imine (C=N–C) groups is 1. The van der Waals surface area contributed by atoms with Gasteiger partial charge in [0.15, 0.2) is 5.96 Å². The van der Waals surface area contributed by atoms with E-state index in [2.05, 4.69) is 25.4 Å².